The third kappa shape index (κ3) is 3.66. The average Bonchev–Trinajstić information content (AvgIpc) is 2.55. The SMILES string of the molecule is N#Cc1ccc(NC(=O)CN2CC[C@H]3CCCC[C@@H]3C2)cc1. The number of carbonyl (C=O) groups excluding carboxylic acids is 1. The first-order valence-corrected chi connectivity index (χ1v) is 8.27. The number of piperidine rings is 1. The molecule has 0 aromatic heterocycles. The van der Waals surface area contributed by atoms with Gasteiger partial charge in [0.15, 0.2) is 0 Å². The zero-order chi connectivity index (χ0) is 15.4. The van der Waals surface area contributed by atoms with Gasteiger partial charge in [0.25, 0.3) is 0 Å². The molecular formula is C18H23N3O. The highest BCUT2D eigenvalue weighted by atomic mass is 16.2. The maximum Gasteiger partial charge on any atom is 0.238 e. The van der Waals surface area contributed by atoms with E-state index in [1.807, 2.05) is 0 Å². The van der Waals surface area contributed by atoms with Crippen LogP contribution in [0.25, 0.3) is 0 Å². The van der Waals surface area contributed by atoms with Gasteiger partial charge >= 0.3 is 0 Å². The van der Waals surface area contributed by atoms with E-state index >= 15 is 0 Å². The van der Waals surface area contributed by atoms with Crippen molar-refractivity contribution in [3.05, 3.63) is 29.8 Å². The molecule has 0 unspecified atom stereocenters. The van der Waals surface area contributed by atoms with Crippen LogP contribution >= 0.6 is 0 Å². The van der Waals surface area contributed by atoms with Crippen molar-refractivity contribution in [2.45, 2.75) is 32.1 Å². The highest BCUT2D eigenvalue weighted by molar-refractivity contribution is 5.92. The largest absolute Gasteiger partial charge is 0.325 e. The summed E-state index contributed by atoms with van der Waals surface area (Å²) in [5.74, 6) is 1.73. The van der Waals surface area contributed by atoms with E-state index in [1.54, 1.807) is 24.3 Å². The Bertz CT molecular complexity index is 561. The third-order valence-corrected chi connectivity index (χ3v) is 5.04. The Morgan fingerprint density at radius 1 is 1.18 bits per heavy atom. The van der Waals surface area contributed by atoms with Crippen molar-refractivity contribution in [1.82, 2.24) is 4.90 Å². The van der Waals surface area contributed by atoms with Crippen molar-refractivity contribution in [1.29, 1.82) is 5.26 Å². The van der Waals surface area contributed by atoms with E-state index in [9.17, 15) is 4.79 Å². The first-order chi connectivity index (χ1) is 10.7. The predicted octanol–water partition coefficient (Wildman–Crippen LogP) is 3.01. The van der Waals surface area contributed by atoms with Crippen LogP contribution in [0.3, 0.4) is 0 Å². The molecule has 1 amide bonds. The number of amides is 1. The Kier molecular flexibility index (Phi) is 4.74. The maximum atomic E-state index is 12.2. The molecule has 2 fully saturated rings. The minimum Gasteiger partial charge on any atom is -0.325 e. The number of rotatable bonds is 3. The molecule has 3 rings (SSSR count). The van der Waals surface area contributed by atoms with E-state index in [2.05, 4.69) is 16.3 Å². The van der Waals surface area contributed by atoms with Crippen LogP contribution in [0, 0.1) is 23.2 Å². The molecule has 0 bridgehead atoms. The quantitative estimate of drug-likeness (QED) is 0.933. The second-order valence-corrected chi connectivity index (χ2v) is 6.57. The van der Waals surface area contributed by atoms with Crippen molar-refractivity contribution >= 4 is 11.6 Å². The second-order valence-electron chi connectivity index (χ2n) is 6.57. The molecule has 1 saturated carbocycles. The lowest BCUT2D eigenvalue weighted by Gasteiger charge is -2.41. The van der Waals surface area contributed by atoms with Crippen molar-refractivity contribution in [3.63, 3.8) is 0 Å². The molecule has 1 aliphatic carbocycles. The fraction of sp³-hybridized carbons (Fsp3) is 0.556. The van der Waals surface area contributed by atoms with Crippen molar-refractivity contribution in [2.24, 2.45) is 11.8 Å². The smallest absolute Gasteiger partial charge is 0.238 e. The van der Waals surface area contributed by atoms with Crippen LogP contribution < -0.4 is 5.32 Å². The fourth-order valence-electron chi connectivity index (χ4n) is 3.85. The van der Waals surface area contributed by atoms with Gasteiger partial charge in [0, 0.05) is 12.2 Å². The van der Waals surface area contributed by atoms with Gasteiger partial charge in [-0.1, -0.05) is 19.3 Å². The average molecular weight is 297 g/mol. The summed E-state index contributed by atoms with van der Waals surface area (Å²) in [6, 6.07) is 9.09. The van der Waals surface area contributed by atoms with Crippen molar-refractivity contribution in [2.75, 3.05) is 25.0 Å². The van der Waals surface area contributed by atoms with Gasteiger partial charge in [-0.3, -0.25) is 9.69 Å². The lowest BCUT2D eigenvalue weighted by Crippen LogP contribution is -2.44. The normalized spacial score (nSPS) is 25.0. The Morgan fingerprint density at radius 3 is 2.64 bits per heavy atom. The fourth-order valence-corrected chi connectivity index (χ4v) is 3.85. The molecule has 0 spiro atoms. The lowest BCUT2D eigenvalue weighted by molar-refractivity contribution is -0.118. The summed E-state index contributed by atoms with van der Waals surface area (Å²) < 4.78 is 0. The zero-order valence-corrected chi connectivity index (χ0v) is 12.9. The van der Waals surface area contributed by atoms with Gasteiger partial charge in [-0.05, 0) is 55.5 Å². The van der Waals surface area contributed by atoms with Crippen molar-refractivity contribution < 1.29 is 4.79 Å². The van der Waals surface area contributed by atoms with Crippen LogP contribution in [0.5, 0.6) is 0 Å². The summed E-state index contributed by atoms with van der Waals surface area (Å²) in [6.45, 7) is 2.59. The van der Waals surface area contributed by atoms with Gasteiger partial charge in [-0.2, -0.15) is 5.26 Å². The number of hydrogen-bond donors (Lipinski definition) is 1. The number of benzene rings is 1. The lowest BCUT2D eigenvalue weighted by atomic mass is 9.75. The molecular weight excluding hydrogens is 274 g/mol. The predicted molar refractivity (Wildman–Crippen MR) is 86.3 cm³/mol. The number of nitrogens with zero attached hydrogens (tertiary/aromatic N) is 2. The molecule has 2 aliphatic rings. The standard InChI is InChI=1S/C18H23N3O/c19-11-14-5-7-17(8-6-14)20-18(22)13-21-10-9-15-3-1-2-4-16(15)12-21/h5-8,15-16H,1-4,9-10,12-13H2,(H,20,22)/t15-,16-/m1/s1. The van der Waals surface area contributed by atoms with Gasteiger partial charge in [0.05, 0.1) is 18.2 Å². The molecule has 116 valence electrons. The van der Waals surface area contributed by atoms with Crippen LogP contribution in [0.15, 0.2) is 24.3 Å². The summed E-state index contributed by atoms with van der Waals surface area (Å²) in [5.41, 5.74) is 1.37. The highest BCUT2D eigenvalue weighted by Crippen LogP contribution is 2.35. The maximum absolute atomic E-state index is 12.2. The molecule has 1 aromatic rings. The molecule has 1 aliphatic heterocycles. The van der Waals surface area contributed by atoms with E-state index < -0.39 is 0 Å². The van der Waals surface area contributed by atoms with Gasteiger partial charge in [-0.25, -0.2) is 0 Å². The Balaban J connectivity index is 1.50. The molecule has 1 N–H and O–H groups in total. The Hall–Kier alpha value is -1.86. The third-order valence-electron chi connectivity index (χ3n) is 5.04. The van der Waals surface area contributed by atoms with Crippen LogP contribution in [-0.2, 0) is 4.79 Å². The van der Waals surface area contributed by atoms with E-state index in [0.717, 1.165) is 30.6 Å². The first kappa shape index (κ1) is 15.1. The number of anilines is 1. The number of nitriles is 1. The molecule has 1 aromatic carbocycles. The van der Waals surface area contributed by atoms with E-state index in [1.165, 1.54) is 32.1 Å². The molecule has 2 atom stereocenters. The molecule has 4 nitrogen and oxygen atoms in total. The monoisotopic (exact) mass is 297 g/mol. The number of likely N-dealkylation sites (tertiary alicyclic amines) is 1. The summed E-state index contributed by atoms with van der Waals surface area (Å²) in [6.07, 6.45) is 6.70. The highest BCUT2D eigenvalue weighted by Gasteiger charge is 2.31. The molecule has 22 heavy (non-hydrogen) atoms. The summed E-state index contributed by atoms with van der Waals surface area (Å²) in [7, 11) is 0. The van der Waals surface area contributed by atoms with Gasteiger partial charge in [0.2, 0.25) is 5.91 Å². The molecule has 4 heteroatoms. The summed E-state index contributed by atoms with van der Waals surface area (Å²) >= 11 is 0. The Labute approximate surface area is 132 Å². The van der Waals surface area contributed by atoms with Gasteiger partial charge in [-0.15, -0.1) is 0 Å². The van der Waals surface area contributed by atoms with E-state index in [4.69, 9.17) is 5.26 Å². The topological polar surface area (TPSA) is 56.1 Å². The zero-order valence-electron chi connectivity index (χ0n) is 12.9. The number of carbonyl (C=O) groups is 1. The molecule has 1 heterocycles. The first-order valence-electron chi connectivity index (χ1n) is 8.27. The second kappa shape index (κ2) is 6.93. The number of hydrogen-bond acceptors (Lipinski definition) is 3. The minimum absolute atomic E-state index is 0.0407. The van der Waals surface area contributed by atoms with Crippen LogP contribution in [0.1, 0.15) is 37.7 Å². The van der Waals surface area contributed by atoms with Crippen LogP contribution in [0.2, 0.25) is 0 Å². The van der Waals surface area contributed by atoms with Crippen LogP contribution in [-0.4, -0.2) is 30.4 Å². The van der Waals surface area contributed by atoms with Crippen molar-refractivity contribution in [3.8, 4) is 6.07 Å². The Morgan fingerprint density at radius 2 is 1.91 bits per heavy atom. The molecule has 0 radical (unpaired) electrons. The molecule has 1 saturated heterocycles. The van der Waals surface area contributed by atoms with Gasteiger partial charge < -0.3 is 5.32 Å². The van der Waals surface area contributed by atoms with Gasteiger partial charge in [0.1, 0.15) is 0 Å². The minimum atomic E-state index is 0.0407. The van der Waals surface area contributed by atoms with Crippen LogP contribution in [0.4, 0.5) is 5.69 Å². The van der Waals surface area contributed by atoms with E-state index in [0.29, 0.717) is 12.1 Å². The summed E-state index contributed by atoms with van der Waals surface area (Å²) in [4.78, 5) is 14.5. The summed E-state index contributed by atoms with van der Waals surface area (Å²) in [5, 5.41) is 11.7. The number of fused-ring (bicyclic) bond motifs is 1. The number of nitrogens with one attached hydrogen (secondary N) is 1. The van der Waals surface area contributed by atoms with E-state index in [-0.39, 0.29) is 5.91 Å².